The molecule has 1 heterocycles. The predicted molar refractivity (Wildman–Crippen MR) is 162 cm³/mol. The number of likely N-dealkylation sites (tertiary alicyclic amines) is 1. The number of benzene rings is 2. The van der Waals surface area contributed by atoms with E-state index >= 15 is 0 Å². The molecule has 0 spiro atoms. The molecule has 2 aromatic carbocycles. The van der Waals surface area contributed by atoms with E-state index in [1.54, 1.807) is 29.2 Å². The van der Waals surface area contributed by atoms with Crippen molar-refractivity contribution in [2.75, 3.05) is 37.2 Å². The Morgan fingerprint density at radius 3 is 2.34 bits per heavy atom. The maximum atomic E-state index is 13.9. The van der Waals surface area contributed by atoms with Gasteiger partial charge in [-0.05, 0) is 73.9 Å². The van der Waals surface area contributed by atoms with Gasteiger partial charge in [-0.3, -0.25) is 4.79 Å². The lowest BCUT2D eigenvalue weighted by molar-refractivity contribution is -0.135. The van der Waals surface area contributed by atoms with E-state index in [4.69, 9.17) is 5.26 Å². The number of nitrogens with one attached hydrogen (secondary N) is 1. The molecule has 0 atom stereocenters. The molecule has 1 saturated heterocycles. The molecule has 9 nitrogen and oxygen atoms in total. The van der Waals surface area contributed by atoms with Crippen LogP contribution in [0.3, 0.4) is 0 Å². The third kappa shape index (κ3) is 9.30. The Bertz CT molecular complexity index is 1310. The molecular formula is C31H43N5O4S. The van der Waals surface area contributed by atoms with E-state index in [-0.39, 0.29) is 30.3 Å². The SMILES string of the molecule is CCCS(=O)(=O)N(CCC(C)C)CC(=O)N(Cc1ccccc1C)C1CCN(C(=O)Nc2ccc(C#N)cc2)CC1. The van der Waals surface area contributed by atoms with Gasteiger partial charge in [-0.2, -0.15) is 9.57 Å². The number of aryl methyl sites for hydroxylation is 1. The van der Waals surface area contributed by atoms with Crippen molar-refractivity contribution in [1.82, 2.24) is 14.1 Å². The van der Waals surface area contributed by atoms with Crippen LogP contribution in [0.1, 0.15) is 63.1 Å². The molecule has 0 radical (unpaired) electrons. The Kier molecular flexibility index (Phi) is 11.7. The third-order valence-electron chi connectivity index (χ3n) is 7.50. The summed E-state index contributed by atoms with van der Waals surface area (Å²) in [6.07, 6.45) is 2.35. The number of hydrogen-bond donors (Lipinski definition) is 1. The highest BCUT2D eigenvalue weighted by molar-refractivity contribution is 7.89. The lowest BCUT2D eigenvalue weighted by Crippen LogP contribution is -2.52. The van der Waals surface area contributed by atoms with Gasteiger partial charge in [0.15, 0.2) is 0 Å². The minimum Gasteiger partial charge on any atom is -0.334 e. The maximum Gasteiger partial charge on any atom is 0.321 e. The number of piperidine rings is 1. The van der Waals surface area contributed by atoms with Gasteiger partial charge in [0.1, 0.15) is 0 Å². The normalized spacial score (nSPS) is 14.2. The highest BCUT2D eigenvalue weighted by Gasteiger charge is 2.33. The molecule has 1 aliphatic heterocycles. The standard InChI is InChI=1S/C31H43N5O4S/c1-5-20-41(39,40)35(19-14-24(2)3)23-30(37)36(22-27-9-7-6-8-25(27)4)29-15-17-34(18-16-29)31(38)33-28-12-10-26(21-32)11-13-28/h6-13,24,29H,5,14-20,22-23H2,1-4H3,(H,33,38). The zero-order valence-corrected chi connectivity index (χ0v) is 25.5. The van der Waals surface area contributed by atoms with Gasteiger partial charge < -0.3 is 15.1 Å². The fourth-order valence-electron chi connectivity index (χ4n) is 4.95. The summed E-state index contributed by atoms with van der Waals surface area (Å²) in [5.74, 6) is 0.118. The first-order valence-electron chi connectivity index (χ1n) is 14.4. The zero-order chi connectivity index (χ0) is 30.0. The lowest BCUT2D eigenvalue weighted by Gasteiger charge is -2.39. The van der Waals surface area contributed by atoms with Gasteiger partial charge >= 0.3 is 6.03 Å². The van der Waals surface area contributed by atoms with E-state index in [1.165, 1.54) is 4.31 Å². The summed E-state index contributed by atoms with van der Waals surface area (Å²) < 4.78 is 27.5. The van der Waals surface area contributed by atoms with Gasteiger partial charge in [0.25, 0.3) is 0 Å². The van der Waals surface area contributed by atoms with Crippen LogP contribution in [0, 0.1) is 24.2 Å². The molecular weight excluding hydrogens is 538 g/mol. The second-order valence-electron chi connectivity index (χ2n) is 11.1. The summed E-state index contributed by atoms with van der Waals surface area (Å²) in [5.41, 5.74) is 3.22. The fourth-order valence-corrected chi connectivity index (χ4v) is 6.42. The average molecular weight is 582 g/mol. The Labute approximate surface area is 245 Å². The number of sulfonamides is 1. The van der Waals surface area contributed by atoms with Crippen molar-refractivity contribution in [3.8, 4) is 6.07 Å². The van der Waals surface area contributed by atoms with E-state index in [0.29, 0.717) is 69.0 Å². The smallest absolute Gasteiger partial charge is 0.321 e. The molecule has 10 heteroatoms. The Morgan fingerprint density at radius 1 is 1.10 bits per heavy atom. The van der Waals surface area contributed by atoms with Crippen LogP contribution in [0.4, 0.5) is 10.5 Å². The minimum atomic E-state index is -3.56. The zero-order valence-electron chi connectivity index (χ0n) is 24.7. The minimum absolute atomic E-state index is 0.0168. The molecule has 3 rings (SSSR count). The van der Waals surface area contributed by atoms with Gasteiger partial charge in [0.05, 0.1) is 23.9 Å². The molecule has 41 heavy (non-hydrogen) atoms. The van der Waals surface area contributed by atoms with Crippen molar-refractivity contribution >= 4 is 27.6 Å². The van der Waals surface area contributed by atoms with E-state index in [1.807, 2.05) is 56.9 Å². The summed E-state index contributed by atoms with van der Waals surface area (Å²) >= 11 is 0. The largest absolute Gasteiger partial charge is 0.334 e. The second-order valence-corrected chi connectivity index (χ2v) is 13.2. The van der Waals surface area contributed by atoms with E-state index < -0.39 is 10.0 Å². The monoisotopic (exact) mass is 581 g/mol. The molecule has 3 amide bonds. The molecule has 1 N–H and O–H groups in total. The number of hydrogen-bond acceptors (Lipinski definition) is 5. The topological polar surface area (TPSA) is 114 Å². The van der Waals surface area contributed by atoms with Crippen LogP contribution < -0.4 is 5.32 Å². The number of amides is 3. The molecule has 1 aliphatic rings. The van der Waals surface area contributed by atoms with Crippen molar-refractivity contribution < 1.29 is 18.0 Å². The maximum absolute atomic E-state index is 13.9. The number of anilines is 1. The van der Waals surface area contributed by atoms with Gasteiger partial charge in [0, 0.05) is 37.9 Å². The van der Waals surface area contributed by atoms with Crippen molar-refractivity contribution in [1.29, 1.82) is 5.26 Å². The van der Waals surface area contributed by atoms with Crippen molar-refractivity contribution in [3.05, 3.63) is 65.2 Å². The first kappa shape index (κ1) is 32.1. The summed E-state index contributed by atoms with van der Waals surface area (Å²) in [7, 11) is -3.56. The molecule has 0 bridgehead atoms. The summed E-state index contributed by atoms with van der Waals surface area (Å²) in [4.78, 5) is 30.3. The summed E-state index contributed by atoms with van der Waals surface area (Å²) in [6, 6.07) is 16.3. The second kappa shape index (κ2) is 15.0. The van der Waals surface area contributed by atoms with E-state index in [0.717, 1.165) is 11.1 Å². The molecule has 1 fully saturated rings. The number of nitrogens with zero attached hydrogens (tertiary/aromatic N) is 4. The van der Waals surface area contributed by atoms with E-state index in [9.17, 15) is 18.0 Å². The van der Waals surface area contributed by atoms with Crippen LogP contribution >= 0.6 is 0 Å². The van der Waals surface area contributed by atoms with Crippen LogP contribution in [0.25, 0.3) is 0 Å². The number of carbonyl (C=O) groups excluding carboxylic acids is 2. The molecule has 0 aromatic heterocycles. The molecule has 0 saturated carbocycles. The van der Waals surface area contributed by atoms with Crippen LogP contribution in [-0.4, -0.2) is 72.4 Å². The molecule has 0 aliphatic carbocycles. The van der Waals surface area contributed by atoms with Gasteiger partial charge in [0.2, 0.25) is 15.9 Å². The van der Waals surface area contributed by atoms with Gasteiger partial charge in [-0.1, -0.05) is 45.0 Å². The van der Waals surface area contributed by atoms with Crippen LogP contribution in [0.2, 0.25) is 0 Å². The fraction of sp³-hybridized carbons (Fsp3) is 0.516. The quantitative estimate of drug-likeness (QED) is 0.380. The van der Waals surface area contributed by atoms with Crippen molar-refractivity contribution in [2.24, 2.45) is 5.92 Å². The summed E-state index contributed by atoms with van der Waals surface area (Å²) in [5, 5.41) is 11.9. The number of urea groups is 1. The molecule has 0 unspecified atom stereocenters. The first-order chi connectivity index (χ1) is 19.5. The van der Waals surface area contributed by atoms with Gasteiger partial charge in [-0.15, -0.1) is 0 Å². The van der Waals surface area contributed by atoms with Crippen molar-refractivity contribution in [3.63, 3.8) is 0 Å². The van der Waals surface area contributed by atoms with Gasteiger partial charge in [-0.25, -0.2) is 13.2 Å². The highest BCUT2D eigenvalue weighted by Crippen LogP contribution is 2.23. The molecule has 222 valence electrons. The number of carbonyl (C=O) groups is 2. The first-order valence-corrected chi connectivity index (χ1v) is 16.0. The lowest BCUT2D eigenvalue weighted by atomic mass is 10.0. The number of nitriles is 1. The van der Waals surface area contributed by atoms with Crippen LogP contribution in [0.15, 0.2) is 48.5 Å². The van der Waals surface area contributed by atoms with Crippen LogP contribution in [-0.2, 0) is 21.4 Å². The van der Waals surface area contributed by atoms with Crippen molar-refractivity contribution in [2.45, 2.75) is 66.0 Å². The Balaban J connectivity index is 1.75. The number of rotatable bonds is 12. The third-order valence-corrected chi connectivity index (χ3v) is 9.53. The highest BCUT2D eigenvalue weighted by atomic mass is 32.2. The Morgan fingerprint density at radius 2 is 1.76 bits per heavy atom. The van der Waals surface area contributed by atoms with Crippen LogP contribution in [0.5, 0.6) is 0 Å². The Hall–Kier alpha value is -3.42. The van der Waals surface area contributed by atoms with E-state index in [2.05, 4.69) is 11.4 Å². The molecule has 2 aromatic rings. The predicted octanol–water partition coefficient (Wildman–Crippen LogP) is 4.98. The average Bonchev–Trinajstić information content (AvgIpc) is 2.95. The summed E-state index contributed by atoms with van der Waals surface area (Å²) in [6.45, 7) is 9.39.